The minimum Gasteiger partial charge on any atom is -0.485 e. The lowest BCUT2D eigenvalue weighted by atomic mass is 10.1. The van der Waals surface area contributed by atoms with Crippen molar-refractivity contribution in [1.82, 2.24) is 5.32 Å². The van der Waals surface area contributed by atoms with Crippen molar-refractivity contribution >= 4 is 0 Å². The van der Waals surface area contributed by atoms with E-state index in [2.05, 4.69) is 10.1 Å². The van der Waals surface area contributed by atoms with Crippen LogP contribution >= 0.6 is 0 Å². The quantitative estimate of drug-likeness (QED) is 0.863. The molecule has 1 radical (unpaired) electrons. The standard InChI is InChI=1S/C13H13F5NO2/c14-12(15,16)13(17,18)21-11-6-2-1-5-10(11)20-9-4-3-7-19-8-9/h1-2,5-6,8-9,19H,3-4,7H2. The molecule has 117 valence electrons. The first-order valence-corrected chi connectivity index (χ1v) is 6.25. The fraction of sp³-hybridized carbons (Fsp3) is 0.462. The van der Waals surface area contributed by atoms with Gasteiger partial charge in [0.25, 0.3) is 0 Å². The Bertz CT molecular complexity index is 472. The zero-order chi connectivity index (χ0) is 15.5. The van der Waals surface area contributed by atoms with Crippen LogP contribution < -0.4 is 14.8 Å². The molecule has 1 heterocycles. The maximum Gasteiger partial charge on any atom is 0.499 e. The second-order valence-corrected chi connectivity index (χ2v) is 4.48. The van der Waals surface area contributed by atoms with E-state index in [0.29, 0.717) is 6.42 Å². The molecule has 0 amide bonds. The summed E-state index contributed by atoms with van der Waals surface area (Å²) in [5, 5.41) is 2.93. The number of halogens is 5. The van der Waals surface area contributed by atoms with Crippen molar-refractivity contribution in [2.75, 3.05) is 6.54 Å². The molecule has 1 aromatic rings. The number of hydrogen-bond donors (Lipinski definition) is 1. The summed E-state index contributed by atoms with van der Waals surface area (Å²) in [5.74, 6) is -0.815. The first kappa shape index (κ1) is 15.8. The third kappa shape index (κ3) is 3.96. The topological polar surface area (TPSA) is 30.5 Å². The number of rotatable bonds is 4. The van der Waals surface area contributed by atoms with Gasteiger partial charge in [-0.05, 0) is 31.5 Å². The molecule has 1 aliphatic heterocycles. The van der Waals surface area contributed by atoms with E-state index >= 15 is 0 Å². The molecule has 1 unspecified atom stereocenters. The molecular weight excluding hydrogens is 297 g/mol. The summed E-state index contributed by atoms with van der Waals surface area (Å²) in [7, 11) is 0. The fourth-order valence-corrected chi connectivity index (χ4v) is 1.79. The Labute approximate surface area is 118 Å². The Hall–Kier alpha value is -1.57. The summed E-state index contributed by atoms with van der Waals surface area (Å²) in [6.45, 7) is 2.40. The first-order valence-electron chi connectivity index (χ1n) is 6.25. The van der Waals surface area contributed by atoms with Crippen LogP contribution in [0.1, 0.15) is 12.8 Å². The third-order valence-corrected chi connectivity index (χ3v) is 2.81. The lowest BCUT2D eigenvalue weighted by molar-refractivity contribution is -0.360. The molecule has 1 aromatic carbocycles. The highest BCUT2D eigenvalue weighted by Crippen LogP contribution is 2.40. The molecule has 0 aliphatic carbocycles. The fourth-order valence-electron chi connectivity index (χ4n) is 1.79. The molecule has 2 rings (SSSR count). The highest BCUT2D eigenvalue weighted by molar-refractivity contribution is 5.40. The number of benzene rings is 1. The van der Waals surface area contributed by atoms with Crippen LogP contribution in [0, 0.1) is 6.54 Å². The van der Waals surface area contributed by atoms with Crippen molar-refractivity contribution in [2.24, 2.45) is 0 Å². The minimum atomic E-state index is -5.79. The van der Waals surface area contributed by atoms with E-state index in [-0.39, 0.29) is 5.75 Å². The summed E-state index contributed by atoms with van der Waals surface area (Å²) >= 11 is 0. The molecule has 1 fully saturated rings. The number of piperidine rings is 1. The van der Waals surface area contributed by atoms with Crippen LogP contribution in [0.2, 0.25) is 0 Å². The van der Waals surface area contributed by atoms with Crippen LogP contribution in [0.3, 0.4) is 0 Å². The van der Waals surface area contributed by atoms with Crippen molar-refractivity contribution in [3.05, 3.63) is 30.8 Å². The van der Waals surface area contributed by atoms with Gasteiger partial charge in [0.2, 0.25) is 0 Å². The number of nitrogens with one attached hydrogen (secondary N) is 1. The Morgan fingerprint density at radius 3 is 2.29 bits per heavy atom. The molecular formula is C13H13F5NO2. The monoisotopic (exact) mass is 310 g/mol. The maximum absolute atomic E-state index is 13.0. The molecule has 3 nitrogen and oxygen atoms in total. The highest BCUT2D eigenvalue weighted by atomic mass is 19.4. The van der Waals surface area contributed by atoms with Crippen LogP contribution in [0.4, 0.5) is 22.0 Å². The van der Waals surface area contributed by atoms with E-state index < -0.39 is 24.1 Å². The first-order chi connectivity index (χ1) is 9.79. The Balaban J connectivity index is 2.13. The van der Waals surface area contributed by atoms with Gasteiger partial charge in [0.15, 0.2) is 11.5 Å². The summed E-state index contributed by atoms with van der Waals surface area (Å²) < 4.78 is 71.7. The molecule has 0 bridgehead atoms. The lowest BCUT2D eigenvalue weighted by Crippen LogP contribution is -2.42. The van der Waals surface area contributed by atoms with Crippen LogP contribution in [-0.2, 0) is 0 Å². The average molecular weight is 310 g/mol. The molecule has 0 saturated carbocycles. The summed E-state index contributed by atoms with van der Waals surface area (Å²) in [6, 6.07) is 5.04. The summed E-state index contributed by atoms with van der Waals surface area (Å²) in [5.41, 5.74) is 0. The minimum absolute atomic E-state index is 0.161. The SMILES string of the molecule is FC(F)(F)C(F)(F)Oc1ccccc1OC1[CH]NCCC1. The summed E-state index contributed by atoms with van der Waals surface area (Å²) in [6.07, 6.45) is -10.0. The van der Waals surface area contributed by atoms with E-state index in [1.807, 2.05) is 0 Å². The molecule has 0 spiro atoms. The number of hydrogen-bond acceptors (Lipinski definition) is 3. The second-order valence-electron chi connectivity index (χ2n) is 4.48. The van der Waals surface area contributed by atoms with Gasteiger partial charge < -0.3 is 14.8 Å². The van der Waals surface area contributed by atoms with E-state index in [1.165, 1.54) is 18.2 Å². The van der Waals surface area contributed by atoms with E-state index in [0.717, 1.165) is 19.0 Å². The van der Waals surface area contributed by atoms with E-state index in [9.17, 15) is 22.0 Å². The van der Waals surface area contributed by atoms with Gasteiger partial charge in [0, 0.05) is 0 Å². The number of ether oxygens (including phenoxy) is 2. The second kappa shape index (κ2) is 6.05. The molecule has 1 N–H and O–H groups in total. The predicted molar refractivity (Wildman–Crippen MR) is 64.0 cm³/mol. The van der Waals surface area contributed by atoms with Crippen LogP contribution in [0.25, 0.3) is 0 Å². The van der Waals surface area contributed by atoms with Gasteiger partial charge in [0.1, 0.15) is 6.10 Å². The third-order valence-electron chi connectivity index (χ3n) is 2.81. The van der Waals surface area contributed by atoms with Crippen molar-refractivity contribution in [3.63, 3.8) is 0 Å². The number of para-hydroxylation sites is 2. The van der Waals surface area contributed by atoms with E-state index in [4.69, 9.17) is 4.74 Å². The van der Waals surface area contributed by atoms with Crippen molar-refractivity contribution in [2.45, 2.75) is 31.2 Å². The number of alkyl halides is 5. The van der Waals surface area contributed by atoms with Gasteiger partial charge >= 0.3 is 12.3 Å². The van der Waals surface area contributed by atoms with Gasteiger partial charge in [-0.3, -0.25) is 0 Å². The van der Waals surface area contributed by atoms with Crippen LogP contribution in [0.5, 0.6) is 11.5 Å². The van der Waals surface area contributed by atoms with Crippen LogP contribution in [0.15, 0.2) is 24.3 Å². The van der Waals surface area contributed by atoms with Gasteiger partial charge in [-0.2, -0.15) is 22.0 Å². The van der Waals surface area contributed by atoms with Gasteiger partial charge in [-0.25, -0.2) is 0 Å². The normalized spacial score (nSPS) is 20.1. The zero-order valence-electron chi connectivity index (χ0n) is 10.8. The molecule has 21 heavy (non-hydrogen) atoms. The molecule has 0 aromatic heterocycles. The predicted octanol–water partition coefficient (Wildman–Crippen LogP) is 3.51. The zero-order valence-corrected chi connectivity index (χ0v) is 10.8. The van der Waals surface area contributed by atoms with Gasteiger partial charge in [0.05, 0.1) is 6.54 Å². The van der Waals surface area contributed by atoms with Crippen molar-refractivity contribution in [1.29, 1.82) is 0 Å². The Morgan fingerprint density at radius 2 is 1.71 bits per heavy atom. The van der Waals surface area contributed by atoms with Crippen molar-refractivity contribution < 1.29 is 31.4 Å². The maximum atomic E-state index is 13.0. The summed E-state index contributed by atoms with van der Waals surface area (Å²) in [4.78, 5) is 0. The smallest absolute Gasteiger partial charge is 0.485 e. The van der Waals surface area contributed by atoms with Crippen molar-refractivity contribution in [3.8, 4) is 11.5 Å². The Kier molecular flexibility index (Phi) is 4.55. The largest absolute Gasteiger partial charge is 0.499 e. The van der Waals surface area contributed by atoms with Crippen LogP contribution in [-0.4, -0.2) is 24.9 Å². The molecule has 1 atom stereocenters. The lowest BCUT2D eigenvalue weighted by Gasteiger charge is -2.26. The van der Waals surface area contributed by atoms with E-state index in [1.54, 1.807) is 6.54 Å². The average Bonchev–Trinajstić information content (AvgIpc) is 2.40. The molecule has 1 aliphatic rings. The highest BCUT2D eigenvalue weighted by Gasteiger charge is 2.61. The molecule has 1 saturated heterocycles. The molecule has 8 heteroatoms. The van der Waals surface area contributed by atoms with Gasteiger partial charge in [-0.1, -0.05) is 12.1 Å². The Morgan fingerprint density at radius 1 is 1.05 bits per heavy atom. The van der Waals surface area contributed by atoms with Gasteiger partial charge in [-0.15, -0.1) is 0 Å².